The fourth-order valence-corrected chi connectivity index (χ4v) is 4.27. The first-order chi connectivity index (χ1) is 12.4. The van der Waals surface area contributed by atoms with Gasteiger partial charge in [-0.3, -0.25) is 19.8 Å². The quantitative estimate of drug-likeness (QED) is 0.588. The van der Waals surface area contributed by atoms with Crippen LogP contribution in [0.2, 0.25) is 5.02 Å². The zero-order valence-corrected chi connectivity index (χ0v) is 15.5. The van der Waals surface area contributed by atoms with Gasteiger partial charge >= 0.3 is 0 Å². The number of amides is 1. The van der Waals surface area contributed by atoms with Gasteiger partial charge in [0.25, 0.3) is 5.69 Å². The van der Waals surface area contributed by atoms with Crippen LogP contribution in [0, 0.1) is 21.8 Å². The van der Waals surface area contributed by atoms with E-state index < -0.39 is 16.4 Å². The van der Waals surface area contributed by atoms with E-state index in [9.17, 15) is 19.3 Å². The van der Waals surface area contributed by atoms with Crippen molar-refractivity contribution < 1.29 is 14.1 Å². The van der Waals surface area contributed by atoms with Gasteiger partial charge < -0.3 is 4.90 Å². The van der Waals surface area contributed by atoms with Crippen molar-refractivity contribution in [3.63, 3.8) is 0 Å². The van der Waals surface area contributed by atoms with E-state index in [0.717, 1.165) is 31.7 Å². The summed E-state index contributed by atoms with van der Waals surface area (Å²) < 4.78 is 13.7. The van der Waals surface area contributed by atoms with Crippen LogP contribution < -0.4 is 0 Å². The van der Waals surface area contributed by atoms with Crippen molar-refractivity contribution in [1.29, 1.82) is 0 Å². The molecule has 0 radical (unpaired) electrons. The van der Waals surface area contributed by atoms with Crippen molar-refractivity contribution in [1.82, 2.24) is 9.80 Å². The Kier molecular flexibility index (Phi) is 5.77. The summed E-state index contributed by atoms with van der Waals surface area (Å²) in [6.45, 7) is 4.23. The molecule has 1 saturated heterocycles. The number of hydrogen-bond acceptors (Lipinski definition) is 4. The number of benzene rings is 1. The number of carbonyl (C=O) groups is 1. The molecule has 1 aromatic carbocycles. The third kappa shape index (κ3) is 3.99. The molecule has 1 amide bonds. The Bertz CT molecular complexity index is 709. The zero-order chi connectivity index (χ0) is 18.8. The topological polar surface area (TPSA) is 66.7 Å². The molecule has 0 bridgehead atoms. The Morgan fingerprint density at radius 1 is 1.35 bits per heavy atom. The Morgan fingerprint density at radius 2 is 2.04 bits per heavy atom. The molecule has 0 spiro atoms. The van der Waals surface area contributed by atoms with Gasteiger partial charge in [-0.1, -0.05) is 24.4 Å². The molecule has 0 unspecified atom stereocenters. The molecule has 1 aliphatic carbocycles. The average Bonchev–Trinajstić information content (AvgIpc) is 3.11. The monoisotopic (exact) mass is 383 g/mol. The van der Waals surface area contributed by atoms with Crippen molar-refractivity contribution in [2.75, 3.05) is 19.6 Å². The van der Waals surface area contributed by atoms with Gasteiger partial charge in [0.05, 0.1) is 11.0 Å². The average molecular weight is 384 g/mol. The summed E-state index contributed by atoms with van der Waals surface area (Å²) in [5.41, 5.74) is -0.00843. The highest BCUT2D eigenvalue weighted by atomic mass is 35.5. The molecule has 2 fully saturated rings. The largest absolute Gasteiger partial charge is 0.337 e. The van der Waals surface area contributed by atoms with Crippen LogP contribution in [0.4, 0.5) is 10.1 Å². The van der Waals surface area contributed by atoms with Gasteiger partial charge in [0.1, 0.15) is 10.8 Å². The summed E-state index contributed by atoms with van der Waals surface area (Å²) in [6.07, 6.45) is 4.21. The number of nitro groups is 1. The second kappa shape index (κ2) is 7.88. The van der Waals surface area contributed by atoms with Crippen LogP contribution in [-0.2, 0) is 11.3 Å². The summed E-state index contributed by atoms with van der Waals surface area (Å²) in [5, 5.41) is 11.0. The molecule has 1 heterocycles. The zero-order valence-electron chi connectivity index (χ0n) is 14.8. The van der Waals surface area contributed by atoms with Gasteiger partial charge in [-0.2, -0.15) is 0 Å². The van der Waals surface area contributed by atoms with Crippen LogP contribution in [0.25, 0.3) is 0 Å². The maximum absolute atomic E-state index is 13.7. The van der Waals surface area contributed by atoms with E-state index in [2.05, 4.69) is 4.90 Å². The molecule has 1 aromatic rings. The van der Waals surface area contributed by atoms with Crippen molar-refractivity contribution in [2.24, 2.45) is 5.92 Å². The van der Waals surface area contributed by atoms with Crippen molar-refractivity contribution in [3.8, 4) is 0 Å². The van der Waals surface area contributed by atoms with E-state index in [1.807, 2.05) is 11.8 Å². The predicted molar refractivity (Wildman–Crippen MR) is 96.5 cm³/mol. The normalized spacial score (nSPS) is 22.0. The van der Waals surface area contributed by atoms with E-state index in [1.165, 1.54) is 6.07 Å². The smallest absolute Gasteiger partial charge is 0.291 e. The summed E-state index contributed by atoms with van der Waals surface area (Å²) in [7, 11) is 0. The minimum absolute atomic E-state index is 0.0199. The lowest BCUT2D eigenvalue weighted by atomic mass is 10.0. The molecule has 26 heavy (non-hydrogen) atoms. The highest BCUT2D eigenvalue weighted by molar-refractivity contribution is 6.33. The molecule has 8 heteroatoms. The van der Waals surface area contributed by atoms with Crippen LogP contribution in [0.1, 0.15) is 38.2 Å². The van der Waals surface area contributed by atoms with Crippen molar-refractivity contribution >= 4 is 23.2 Å². The van der Waals surface area contributed by atoms with E-state index >= 15 is 0 Å². The lowest BCUT2D eigenvalue weighted by Crippen LogP contribution is -2.54. The van der Waals surface area contributed by atoms with Gasteiger partial charge in [-0.15, -0.1) is 0 Å². The van der Waals surface area contributed by atoms with Crippen LogP contribution in [-0.4, -0.2) is 46.3 Å². The number of hydrogen-bond donors (Lipinski definition) is 0. The summed E-state index contributed by atoms with van der Waals surface area (Å²) >= 11 is 6.10. The van der Waals surface area contributed by atoms with E-state index in [0.29, 0.717) is 31.7 Å². The minimum atomic E-state index is -0.671. The molecular formula is C18H23ClFN3O3. The van der Waals surface area contributed by atoms with Crippen LogP contribution >= 0.6 is 11.6 Å². The van der Waals surface area contributed by atoms with E-state index in [1.54, 1.807) is 0 Å². The molecular weight excluding hydrogens is 361 g/mol. The number of carbonyl (C=O) groups excluding carboxylic acids is 1. The third-order valence-corrected chi connectivity index (χ3v) is 5.82. The van der Waals surface area contributed by atoms with Crippen molar-refractivity contribution in [2.45, 2.75) is 45.2 Å². The van der Waals surface area contributed by atoms with Crippen LogP contribution in [0.15, 0.2) is 12.1 Å². The Morgan fingerprint density at radius 3 is 2.65 bits per heavy atom. The maximum Gasteiger partial charge on any atom is 0.291 e. The lowest BCUT2D eigenvalue weighted by molar-refractivity contribution is -0.384. The Labute approximate surface area is 157 Å². The number of rotatable bonds is 4. The van der Waals surface area contributed by atoms with Gasteiger partial charge in [0, 0.05) is 38.1 Å². The van der Waals surface area contributed by atoms with Gasteiger partial charge in [0.2, 0.25) is 5.91 Å². The number of nitrogens with zero attached hydrogens (tertiary/aromatic N) is 3. The molecule has 1 aliphatic heterocycles. The van der Waals surface area contributed by atoms with Gasteiger partial charge in [0.15, 0.2) is 0 Å². The summed E-state index contributed by atoms with van der Waals surface area (Å²) in [6, 6.07) is 2.14. The van der Waals surface area contributed by atoms with Gasteiger partial charge in [-0.05, 0) is 31.4 Å². The predicted octanol–water partition coefficient (Wildman–Crippen LogP) is 3.61. The third-order valence-electron chi connectivity index (χ3n) is 5.38. The molecule has 0 aromatic heterocycles. The minimum Gasteiger partial charge on any atom is -0.337 e. The van der Waals surface area contributed by atoms with Gasteiger partial charge in [-0.25, -0.2) is 4.39 Å². The molecule has 3 rings (SSSR count). The fraction of sp³-hybridized carbons (Fsp3) is 0.611. The van der Waals surface area contributed by atoms with E-state index in [-0.39, 0.29) is 22.9 Å². The Balaban J connectivity index is 1.66. The second-order valence-electron chi connectivity index (χ2n) is 7.25. The first-order valence-electron chi connectivity index (χ1n) is 9.02. The molecule has 6 nitrogen and oxygen atoms in total. The summed E-state index contributed by atoms with van der Waals surface area (Å²) in [5.74, 6) is -0.266. The molecule has 142 valence electrons. The SMILES string of the molecule is C[C@H]1CN(Cc2cc(F)cc([N+](=O)[O-])c2Cl)CCN1C(=O)C1CCCC1. The molecule has 1 atom stereocenters. The highest BCUT2D eigenvalue weighted by Gasteiger charge is 2.33. The number of piperazine rings is 1. The molecule has 0 N–H and O–H groups in total. The molecule has 1 saturated carbocycles. The maximum atomic E-state index is 13.7. The Hall–Kier alpha value is -1.73. The number of halogens is 2. The van der Waals surface area contributed by atoms with E-state index in [4.69, 9.17) is 11.6 Å². The molecule has 2 aliphatic rings. The first kappa shape index (κ1) is 19.0. The number of nitro benzene ring substituents is 1. The second-order valence-corrected chi connectivity index (χ2v) is 7.63. The van der Waals surface area contributed by atoms with Crippen molar-refractivity contribution in [3.05, 3.63) is 38.7 Å². The standard InChI is InChI=1S/C18H23ClFN3O3/c1-12-10-21(6-7-22(12)18(24)13-4-2-3-5-13)11-14-8-15(20)9-16(17(14)19)23(25)26/h8-9,12-13H,2-7,10-11H2,1H3/t12-/m0/s1. The van der Waals surface area contributed by atoms with Crippen LogP contribution in [0.3, 0.4) is 0 Å². The summed E-state index contributed by atoms with van der Waals surface area (Å²) in [4.78, 5) is 27.0. The fourth-order valence-electron chi connectivity index (χ4n) is 4.03. The first-order valence-corrected chi connectivity index (χ1v) is 9.39. The van der Waals surface area contributed by atoms with Crippen LogP contribution in [0.5, 0.6) is 0 Å². The lowest BCUT2D eigenvalue weighted by Gasteiger charge is -2.41. The highest BCUT2D eigenvalue weighted by Crippen LogP contribution is 2.31.